The van der Waals surface area contributed by atoms with E-state index >= 15 is 0 Å². The van der Waals surface area contributed by atoms with E-state index in [-0.39, 0.29) is 5.41 Å². The van der Waals surface area contributed by atoms with Crippen molar-refractivity contribution < 1.29 is 4.42 Å². The molecule has 2 aliphatic carbocycles. The summed E-state index contributed by atoms with van der Waals surface area (Å²) in [6.45, 7) is 4.77. The van der Waals surface area contributed by atoms with Crippen LogP contribution in [-0.2, 0) is 11.8 Å². The van der Waals surface area contributed by atoms with Crippen molar-refractivity contribution in [2.75, 3.05) is 4.90 Å². The van der Waals surface area contributed by atoms with Gasteiger partial charge in [-0.2, -0.15) is 0 Å². The summed E-state index contributed by atoms with van der Waals surface area (Å²) in [5.41, 5.74) is 17.8. The molecule has 1 aromatic heterocycles. The molecule has 0 saturated carbocycles. The second-order valence-corrected chi connectivity index (χ2v) is 15.6. The minimum absolute atomic E-state index is 0.208. The number of benzene rings is 8. The van der Waals surface area contributed by atoms with Crippen LogP contribution < -0.4 is 4.90 Å². The third-order valence-electron chi connectivity index (χ3n) is 12.1. The van der Waals surface area contributed by atoms with Gasteiger partial charge in [0.25, 0.3) is 0 Å². The molecule has 0 fully saturated rings. The quantitative estimate of drug-likeness (QED) is 0.177. The lowest BCUT2D eigenvalue weighted by Gasteiger charge is -2.26. The number of allylic oxidation sites excluding steroid dienone is 1. The SMILES string of the molecule is CC1(C)c2ccc(C3=Cc4ccccc4CC3)cc2-c2c1c1ccccc1c1c2oc2c(N(c3ccccc3)c3cccc(-c4ccccc4)c3)cccc21. The molecule has 0 amide bonds. The fraction of sp³-hybridized carbons (Fsp3) is 0.0943. The first-order chi connectivity index (χ1) is 27.0. The van der Waals surface area contributed by atoms with Crippen LogP contribution >= 0.6 is 0 Å². The van der Waals surface area contributed by atoms with Gasteiger partial charge in [-0.15, -0.1) is 0 Å². The second kappa shape index (κ2) is 12.2. The Morgan fingerprint density at radius 1 is 0.527 bits per heavy atom. The summed E-state index contributed by atoms with van der Waals surface area (Å²) in [7, 11) is 0. The molecule has 0 radical (unpaired) electrons. The number of para-hydroxylation sites is 2. The molecule has 2 nitrogen and oxygen atoms in total. The number of furan rings is 1. The van der Waals surface area contributed by atoms with Gasteiger partial charge in [0.05, 0.1) is 5.69 Å². The monoisotopic (exact) mass is 705 g/mol. The Labute approximate surface area is 321 Å². The average molecular weight is 706 g/mol. The van der Waals surface area contributed by atoms with Gasteiger partial charge in [-0.1, -0.05) is 153 Å². The zero-order valence-corrected chi connectivity index (χ0v) is 31.0. The number of anilines is 3. The summed E-state index contributed by atoms with van der Waals surface area (Å²) in [6.07, 6.45) is 4.50. The largest absolute Gasteiger partial charge is 0.453 e. The number of rotatable bonds is 5. The maximum atomic E-state index is 7.40. The van der Waals surface area contributed by atoms with Crippen molar-refractivity contribution in [1.82, 2.24) is 0 Å². The van der Waals surface area contributed by atoms with E-state index in [1.165, 1.54) is 71.8 Å². The maximum Gasteiger partial charge on any atom is 0.159 e. The Hall–Kier alpha value is -6.64. The zero-order chi connectivity index (χ0) is 36.7. The first-order valence-corrected chi connectivity index (χ1v) is 19.4. The standard InChI is InChI=1S/C53H39NO/c1-53(2)46-30-29-39(38-28-27-35-17-9-10-18-36(35)31-38)33-45(46)49-50(53)43-24-12-11-23-42(43)48-44-25-14-26-47(51(44)55-52(48)49)54(40-20-7-4-8-21-40)41-22-13-19-37(32-41)34-15-5-3-6-16-34/h3-26,29-33H,27-28H2,1-2H3. The first kappa shape index (κ1) is 31.8. The van der Waals surface area contributed by atoms with E-state index in [0.29, 0.717) is 0 Å². The van der Waals surface area contributed by atoms with Crippen LogP contribution in [0.2, 0.25) is 0 Å². The zero-order valence-electron chi connectivity index (χ0n) is 31.0. The average Bonchev–Trinajstić information content (AvgIpc) is 3.75. The van der Waals surface area contributed by atoms with E-state index in [1.807, 2.05) is 0 Å². The van der Waals surface area contributed by atoms with Crippen molar-refractivity contribution in [3.05, 3.63) is 198 Å². The third-order valence-corrected chi connectivity index (χ3v) is 12.1. The normalized spacial score (nSPS) is 14.1. The molecule has 0 bridgehead atoms. The topological polar surface area (TPSA) is 16.4 Å². The molecule has 0 unspecified atom stereocenters. The third kappa shape index (κ3) is 4.88. The van der Waals surface area contributed by atoms with Gasteiger partial charge in [-0.25, -0.2) is 0 Å². The minimum Gasteiger partial charge on any atom is -0.453 e. The van der Waals surface area contributed by atoms with Crippen molar-refractivity contribution in [2.24, 2.45) is 0 Å². The van der Waals surface area contributed by atoms with Crippen LogP contribution in [0.5, 0.6) is 0 Å². The molecule has 0 N–H and O–H groups in total. The Balaban J connectivity index is 1.18. The Bertz CT molecular complexity index is 3000. The summed E-state index contributed by atoms with van der Waals surface area (Å²) < 4.78 is 7.40. The van der Waals surface area contributed by atoms with Gasteiger partial charge in [0.2, 0.25) is 0 Å². The highest BCUT2D eigenvalue weighted by Crippen LogP contribution is 2.57. The summed E-state index contributed by atoms with van der Waals surface area (Å²) in [4.78, 5) is 2.35. The minimum atomic E-state index is -0.208. The van der Waals surface area contributed by atoms with E-state index in [0.717, 1.165) is 46.5 Å². The van der Waals surface area contributed by atoms with E-state index in [2.05, 4.69) is 195 Å². The van der Waals surface area contributed by atoms with Gasteiger partial charge in [0, 0.05) is 33.1 Å². The summed E-state index contributed by atoms with van der Waals surface area (Å²) in [5, 5.41) is 4.83. The lowest BCUT2D eigenvalue weighted by molar-refractivity contribution is 0.658. The molecular formula is C53H39NO. The summed E-state index contributed by atoms with van der Waals surface area (Å²) in [5.74, 6) is 0. The molecule has 9 aromatic rings. The predicted molar refractivity (Wildman–Crippen MR) is 232 cm³/mol. The van der Waals surface area contributed by atoms with Gasteiger partial charge >= 0.3 is 0 Å². The maximum absolute atomic E-state index is 7.40. The molecular weight excluding hydrogens is 667 g/mol. The molecule has 8 aromatic carbocycles. The van der Waals surface area contributed by atoms with E-state index in [9.17, 15) is 0 Å². The highest BCUT2D eigenvalue weighted by atomic mass is 16.3. The molecule has 55 heavy (non-hydrogen) atoms. The van der Waals surface area contributed by atoms with Gasteiger partial charge in [0.15, 0.2) is 5.58 Å². The van der Waals surface area contributed by atoms with Crippen LogP contribution in [0, 0.1) is 0 Å². The van der Waals surface area contributed by atoms with Crippen molar-refractivity contribution in [1.29, 1.82) is 0 Å². The van der Waals surface area contributed by atoms with Crippen molar-refractivity contribution >= 4 is 61.4 Å². The van der Waals surface area contributed by atoms with E-state index in [4.69, 9.17) is 4.42 Å². The number of nitrogens with zero attached hydrogens (tertiary/aromatic N) is 1. The van der Waals surface area contributed by atoms with Gasteiger partial charge in [-0.05, 0) is 110 Å². The smallest absolute Gasteiger partial charge is 0.159 e. The van der Waals surface area contributed by atoms with Crippen LogP contribution in [0.4, 0.5) is 17.1 Å². The molecule has 1 heterocycles. The second-order valence-electron chi connectivity index (χ2n) is 15.6. The summed E-state index contributed by atoms with van der Waals surface area (Å²) in [6, 6.07) is 61.7. The first-order valence-electron chi connectivity index (χ1n) is 19.4. The van der Waals surface area contributed by atoms with Crippen LogP contribution in [0.15, 0.2) is 174 Å². The van der Waals surface area contributed by atoms with Crippen LogP contribution in [-0.4, -0.2) is 0 Å². The molecule has 0 spiro atoms. The van der Waals surface area contributed by atoms with Crippen LogP contribution in [0.3, 0.4) is 0 Å². The molecule has 11 rings (SSSR count). The molecule has 262 valence electrons. The number of aryl methyl sites for hydroxylation is 1. The van der Waals surface area contributed by atoms with Crippen LogP contribution in [0.1, 0.15) is 48.1 Å². The van der Waals surface area contributed by atoms with Gasteiger partial charge < -0.3 is 9.32 Å². The van der Waals surface area contributed by atoms with E-state index in [1.54, 1.807) is 0 Å². The number of hydrogen-bond donors (Lipinski definition) is 0. The Morgan fingerprint density at radius 2 is 1.22 bits per heavy atom. The van der Waals surface area contributed by atoms with Gasteiger partial charge in [0.1, 0.15) is 5.58 Å². The van der Waals surface area contributed by atoms with E-state index < -0.39 is 0 Å². The molecule has 0 saturated heterocycles. The van der Waals surface area contributed by atoms with Crippen LogP contribution in [0.25, 0.3) is 66.6 Å². The Morgan fingerprint density at radius 3 is 2.07 bits per heavy atom. The molecule has 0 atom stereocenters. The molecule has 2 aliphatic rings. The molecule has 2 heteroatoms. The highest BCUT2D eigenvalue weighted by molar-refractivity contribution is 6.26. The lowest BCUT2D eigenvalue weighted by Crippen LogP contribution is -2.15. The molecule has 0 aliphatic heterocycles. The van der Waals surface area contributed by atoms with Crippen molar-refractivity contribution in [3.63, 3.8) is 0 Å². The highest BCUT2D eigenvalue weighted by Gasteiger charge is 2.40. The predicted octanol–water partition coefficient (Wildman–Crippen LogP) is 14.7. The van der Waals surface area contributed by atoms with Crippen molar-refractivity contribution in [3.8, 4) is 22.3 Å². The Kier molecular flexibility index (Phi) is 7.06. The number of fused-ring (bicyclic) bond motifs is 11. The number of hydrogen-bond acceptors (Lipinski definition) is 2. The fourth-order valence-corrected chi connectivity index (χ4v) is 9.55. The van der Waals surface area contributed by atoms with Crippen molar-refractivity contribution in [2.45, 2.75) is 32.1 Å². The summed E-state index contributed by atoms with van der Waals surface area (Å²) >= 11 is 0. The fourth-order valence-electron chi connectivity index (χ4n) is 9.55. The van der Waals surface area contributed by atoms with Gasteiger partial charge in [-0.3, -0.25) is 0 Å². The lowest BCUT2D eigenvalue weighted by atomic mass is 9.79.